The van der Waals surface area contributed by atoms with Crippen LogP contribution < -0.4 is 0 Å². The van der Waals surface area contributed by atoms with Crippen LogP contribution >= 0.6 is 11.8 Å². The number of hydrogen-bond acceptors (Lipinski definition) is 3. The van der Waals surface area contributed by atoms with Gasteiger partial charge in [0.15, 0.2) is 0 Å². The summed E-state index contributed by atoms with van der Waals surface area (Å²) in [7, 11) is 1.88. The van der Waals surface area contributed by atoms with Crippen LogP contribution in [-0.4, -0.2) is 26.3 Å². The first-order valence-corrected chi connectivity index (χ1v) is 7.18. The fourth-order valence-electron chi connectivity index (χ4n) is 2.21. The predicted molar refractivity (Wildman–Crippen MR) is 74.6 cm³/mol. The van der Waals surface area contributed by atoms with Gasteiger partial charge in [0, 0.05) is 26.3 Å². The second-order valence-electron chi connectivity index (χ2n) is 4.63. The number of carbonyl (C=O) groups is 1. The number of aromatic nitrogens is 2. The van der Waals surface area contributed by atoms with Crippen molar-refractivity contribution >= 4 is 17.7 Å². The van der Waals surface area contributed by atoms with Crippen LogP contribution in [0.15, 0.2) is 41.6 Å². The van der Waals surface area contributed by atoms with E-state index in [1.807, 2.05) is 36.3 Å². The highest BCUT2D eigenvalue weighted by Crippen LogP contribution is 2.24. The number of nitrogens with zero attached hydrogens (tertiary/aromatic N) is 3. The maximum Gasteiger partial charge on any atom is 0.233 e. The first-order chi connectivity index (χ1) is 9.22. The van der Waals surface area contributed by atoms with Crippen molar-refractivity contribution in [2.75, 3.05) is 5.75 Å². The molecule has 0 fully saturated rings. The summed E-state index contributed by atoms with van der Waals surface area (Å²) in [6.07, 6.45) is 1.89. The largest absolute Gasteiger partial charge is 0.333 e. The molecule has 0 saturated heterocycles. The van der Waals surface area contributed by atoms with Crippen LogP contribution in [0.4, 0.5) is 0 Å². The molecular formula is C14H15N3OS. The van der Waals surface area contributed by atoms with Gasteiger partial charge in [-0.1, -0.05) is 36.0 Å². The summed E-state index contributed by atoms with van der Waals surface area (Å²) < 4.78 is 1.75. The van der Waals surface area contributed by atoms with E-state index in [2.05, 4.69) is 17.2 Å². The van der Waals surface area contributed by atoms with E-state index in [1.165, 1.54) is 22.9 Å². The number of amides is 1. The van der Waals surface area contributed by atoms with Crippen LogP contribution in [-0.2, 0) is 24.9 Å². The normalized spacial score (nSPS) is 13.6. The topological polar surface area (TPSA) is 38.1 Å². The van der Waals surface area contributed by atoms with Crippen molar-refractivity contribution in [3.63, 3.8) is 0 Å². The van der Waals surface area contributed by atoms with Crippen molar-refractivity contribution in [3.05, 3.63) is 47.7 Å². The average molecular weight is 273 g/mol. The number of hydrogen-bond donors (Lipinski definition) is 0. The lowest BCUT2D eigenvalue weighted by Crippen LogP contribution is -2.26. The van der Waals surface area contributed by atoms with Crippen LogP contribution in [0, 0.1) is 0 Å². The Kier molecular flexibility index (Phi) is 3.29. The number of benzene rings is 1. The minimum absolute atomic E-state index is 0.173. The second-order valence-corrected chi connectivity index (χ2v) is 5.63. The smallest absolute Gasteiger partial charge is 0.233 e. The van der Waals surface area contributed by atoms with Gasteiger partial charge in [0.2, 0.25) is 5.91 Å². The predicted octanol–water partition coefficient (Wildman–Crippen LogP) is 2.05. The van der Waals surface area contributed by atoms with Gasteiger partial charge in [0.25, 0.3) is 0 Å². The van der Waals surface area contributed by atoms with Gasteiger partial charge in [-0.3, -0.25) is 9.48 Å². The highest BCUT2D eigenvalue weighted by Gasteiger charge is 2.22. The van der Waals surface area contributed by atoms with Gasteiger partial charge >= 0.3 is 0 Å². The number of aryl methyl sites for hydroxylation is 1. The zero-order valence-electron chi connectivity index (χ0n) is 10.7. The number of fused-ring (bicyclic) bond motifs is 1. The summed E-state index contributed by atoms with van der Waals surface area (Å²) in [6, 6.07) is 10.2. The number of rotatable bonds is 3. The average Bonchev–Trinajstić information content (AvgIpc) is 3.01. The van der Waals surface area contributed by atoms with Gasteiger partial charge in [-0.05, 0) is 17.2 Å². The minimum atomic E-state index is 0.173. The number of carbonyl (C=O) groups excluding carboxylic acids is 1. The quantitative estimate of drug-likeness (QED) is 0.803. The van der Waals surface area contributed by atoms with E-state index in [0.717, 1.165) is 18.1 Å². The van der Waals surface area contributed by atoms with E-state index in [9.17, 15) is 4.79 Å². The minimum Gasteiger partial charge on any atom is -0.333 e. The summed E-state index contributed by atoms with van der Waals surface area (Å²) in [5.74, 6) is 0.622. The fraction of sp³-hybridized carbons (Fsp3) is 0.286. The molecule has 0 bridgehead atoms. The summed E-state index contributed by atoms with van der Waals surface area (Å²) in [4.78, 5) is 14.1. The zero-order chi connectivity index (χ0) is 13.2. The van der Waals surface area contributed by atoms with Crippen LogP contribution in [0.25, 0.3) is 0 Å². The molecule has 1 aliphatic heterocycles. The first-order valence-electron chi connectivity index (χ1n) is 6.19. The third-order valence-electron chi connectivity index (χ3n) is 3.23. The van der Waals surface area contributed by atoms with E-state index in [0.29, 0.717) is 5.75 Å². The highest BCUT2D eigenvalue weighted by atomic mass is 32.2. The molecule has 4 nitrogen and oxygen atoms in total. The molecule has 2 heterocycles. The molecule has 1 amide bonds. The van der Waals surface area contributed by atoms with Crippen molar-refractivity contribution in [2.24, 2.45) is 7.05 Å². The van der Waals surface area contributed by atoms with E-state index >= 15 is 0 Å². The van der Waals surface area contributed by atoms with Gasteiger partial charge in [-0.25, -0.2) is 0 Å². The third kappa shape index (κ3) is 2.66. The molecule has 3 rings (SSSR count). The van der Waals surface area contributed by atoms with Crippen molar-refractivity contribution in [2.45, 2.75) is 18.1 Å². The summed E-state index contributed by atoms with van der Waals surface area (Å²) in [6.45, 7) is 1.47. The van der Waals surface area contributed by atoms with Crippen molar-refractivity contribution in [1.29, 1.82) is 0 Å². The van der Waals surface area contributed by atoms with Gasteiger partial charge in [0.05, 0.1) is 5.75 Å². The highest BCUT2D eigenvalue weighted by molar-refractivity contribution is 7.99. The van der Waals surface area contributed by atoms with Crippen LogP contribution in [0.2, 0.25) is 0 Å². The molecule has 98 valence electrons. The molecule has 2 aromatic rings. The lowest BCUT2D eigenvalue weighted by molar-refractivity contribution is -0.128. The Labute approximate surface area is 116 Å². The standard InChI is InChI=1S/C14H15N3OS/c1-16-7-6-13(15-16)19-10-14(18)17-8-11-4-2-3-5-12(11)9-17/h2-7H,8-10H2,1H3. The Balaban J connectivity index is 1.58. The van der Waals surface area contributed by atoms with Crippen molar-refractivity contribution < 1.29 is 4.79 Å². The second kappa shape index (κ2) is 5.09. The molecule has 5 heteroatoms. The van der Waals surface area contributed by atoms with E-state index < -0.39 is 0 Å². The van der Waals surface area contributed by atoms with Gasteiger partial charge < -0.3 is 4.90 Å². The molecule has 0 unspecified atom stereocenters. The third-order valence-corrected chi connectivity index (χ3v) is 4.13. The SMILES string of the molecule is Cn1ccc(SCC(=O)N2Cc3ccccc3C2)n1. The molecule has 19 heavy (non-hydrogen) atoms. The lowest BCUT2D eigenvalue weighted by Gasteiger charge is -2.14. The maximum atomic E-state index is 12.2. The Morgan fingerprint density at radius 1 is 1.26 bits per heavy atom. The fourth-order valence-corrected chi connectivity index (χ4v) is 3.00. The Hall–Kier alpha value is -1.75. The van der Waals surface area contributed by atoms with Gasteiger partial charge in [-0.2, -0.15) is 5.10 Å². The molecule has 1 aromatic carbocycles. The molecular weight excluding hydrogens is 258 g/mol. The molecule has 0 aliphatic carbocycles. The van der Waals surface area contributed by atoms with Crippen LogP contribution in [0.3, 0.4) is 0 Å². The summed E-state index contributed by atoms with van der Waals surface area (Å²) >= 11 is 1.49. The molecule has 1 aliphatic rings. The Morgan fingerprint density at radius 3 is 2.53 bits per heavy atom. The molecule has 0 saturated carbocycles. The molecule has 0 N–H and O–H groups in total. The van der Waals surface area contributed by atoms with Crippen LogP contribution in [0.1, 0.15) is 11.1 Å². The van der Waals surface area contributed by atoms with Gasteiger partial charge in [-0.15, -0.1) is 0 Å². The molecule has 0 radical (unpaired) electrons. The van der Waals surface area contributed by atoms with Crippen LogP contribution in [0.5, 0.6) is 0 Å². The summed E-state index contributed by atoms with van der Waals surface area (Å²) in [5, 5.41) is 5.15. The molecule has 0 atom stereocenters. The Bertz CT molecular complexity index is 583. The van der Waals surface area contributed by atoms with E-state index in [-0.39, 0.29) is 5.91 Å². The monoisotopic (exact) mass is 273 g/mol. The zero-order valence-corrected chi connectivity index (χ0v) is 11.6. The Morgan fingerprint density at radius 2 is 1.95 bits per heavy atom. The lowest BCUT2D eigenvalue weighted by atomic mass is 10.1. The van der Waals surface area contributed by atoms with E-state index in [4.69, 9.17) is 0 Å². The summed E-state index contributed by atoms with van der Waals surface area (Å²) in [5.41, 5.74) is 2.53. The first kappa shape index (κ1) is 12.3. The van der Waals surface area contributed by atoms with E-state index in [1.54, 1.807) is 4.68 Å². The van der Waals surface area contributed by atoms with Crippen molar-refractivity contribution in [1.82, 2.24) is 14.7 Å². The molecule has 1 aromatic heterocycles. The maximum absolute atomic E-state index is 12.2. The van der Waals surface area contributed by atoms with Crippen molar-refractivity contribution in [3.8, 4) is 0 Å². The van der Waals surface area contributed by atoms with Gasteiger partial charge in [0.1, 0.15) is 5.03 Å². The molecule has 0 spiro atoms. The number of thioether (sulfide) groups is 1.